The van der Waals surface area contributed by atoms with Gasteiger partial charge < -0.3 is 28.4 Å². The minimum Gasteiger partial charge on any atom is -0.493 e. The molecule has 2 aliphatic heterocycles. The van der Waals surface area contributed by atoms with Gasteiger partial charge in [0, 0.05) is 13.2 Å². The van der Waals surface area contributed by atoms with Gasteiger partial charge in [-0.3, -0.25) is 0 Å². The van der Waals surface area contributed by atoms with Crippen molar-refractivity contribution in [3.8, 4) is 22.6 Å². The molecule has 0 saturated carbocycles. The number of benzene rings is 3. The number of hydrogen-bond donors (Lipinski definition) is 0. The second kappa shape index (κ2) is 12.9. The van der Waals surface area contributed by atoms with Crippen molar-refractivity contribution in [2.45, 2.75) is 38.9 Å². The largest absolute Gasteiger partial charge is 0.493 e. The fourth-order valence-electron chi connectivity index (χ4n) is 5.30. The van der Waals surface area contributed by atoms with Crippen LogP contribution in [0.15, 0.2) is 60.7 Å². The van der Waals surface area contributed by atoms with E-state index in [4.69, 9.17) is 28.4 Å². The molecule has 5 rings (SSSR count). The lowest BCUT2D eigenvalue weighted by atomic mass is 9.91. The minimum absolute atomic E-state index is 0.112. The van der Waals surface area contributed by atoms with E-state index in [1.807, 2.05) is 24.3 Å². The number of carbonyl (C=O) groups is 1. The Morgan fingerprint density at radius 1 is 0.900 bits per heavy atom. The van der Waals surface area contributed by atoms with E-state index in [0.29, 0.717) is 25.7 Å². The van der Waals surface area contributed by atoms with E-state index in [9.17, 15) is 4.79 Å². The molecule has 3 aromatic rings. The van der Waals surface area contributed by atoms with Crippen LogP contribution in [-0.2, 0) is 35.9 Å². The van der Waals surface area contributed by atoms with Gasteiger partial charge in [-0.05, 0) is 96.3 Å². The lowest BCUT2D eigenvalue weighted by Crippen LogP contribution is -2.49. The quantitative estimate of drug-likeness (QED) is 0.283. The van der Waals surface area contributed by atoms with Crippen LogP contribution in [0, 0.1) is 19.8 Å². The summed E-state index contributed by atoms with van der Waals surface area (Å²) in [7, 11) is 1.35. The Bertz CT molecular complexity index is 1270. The number of esters is 1. The van der Waals surface area contributed by atoms with Crippen LogP contribution in [0.25, 0.3) is 11.1 Å². The van der Waals surface area contributed by atoms with E-state index in [1.165, 1.54) is 23.8 Å². The van der Waals surface area contributed by atoms with Crippen LogP contribution in [0.2, 0.25) is 0 Å². The lowest BCUT2D eigenvalue weighted by molar-refractivity contribution is -0.220. The standard InChI is InChI=1S/C33H38O7/c1-23-15-30(39-18-25-11-13-36-14-12-25)16-24(2)32(23)27-6-4-5-26(17-27)19-38-29-9-7-28(8-10-29)33(21-37-22-33)40-20-31(34)35-3/h4-10,15-17,25H,11-14,18-22H2,1-3H3. The van der Waals surface area contributed by atoms with Gasteiger partial charge in [-0.1, -0.05) is 30.3 Å². The van der Waals surface area contributed by atoms with Crippen LogP contribution in [0.5, 0.6) is 11.5 Å². The molecule has 212 valence electrons. The summed E-state index contributed by atoms with van der Waals surface area (Å²) in [6.45, 7) is 7.83. The monoisotopic (exact) mass is 546 g/mol. The first-order valence-electron chi connectivity index (χ1n) is 13.9. The maximum atomic E-state index is 11.5. The third-order valence-electron chi connectivity index (χ3n) is 7.70. The molecule has 0 N–H and O–H groups in total. The molecule has 2 saturated heterocycles. The van der Waals surface area contributed by atoms with Gasteiger partial charge in [0.15, 0.2) is 0 Å². The van der Waals surface area contributed by atoms with Gasteiger partial charge in [0.05, 0.1) is 26.9 Å². The molecule has 2 aliphatic rings. The number of hydrogen-bond acceptors (Lipinski definition) is 7. The number of carbonyl (C=O) groups excluding carboxylic acids is 1. The highest BCUT2D eigenvalue weighted by atomic mass is 16.6. The third kappa shape index (κ3) is 6.66. The van der Waals surface area contributed by atoms with Crippen LogP contribution < -0.4 is 9.47 Å². The second-order valence-corrected chi connectivity index (χ2v) is 10.7. The van der Waals surface area contributed by atoms with Crippen LogP contribution in [0.1, 0.15) is 35.1 Å². The summed E-state index contributed by atoms with van der Waals surface area (Å²) in [5.41, 5.74) is 6.19. The van der Waals surface area contributed by atoms with Crippen molar-refractivity contribution in [2.75, 3.05) is 46.8 Å². The smallest absolute Gasteiger partial charge is 0.331 e. The van der Waals surface area contributed by atoms with E-state index in [-0.39, 0.29) is 6.61 Å². The van der Waals surface area contributed by atoms with Crippen molar-refractivity contribution in [2.24, 2.45) is 5.92 Å². The highest BCUT2D eigenvalue weighted by molar-refractivity contribution is 5.72. The molecule has 2 fully saturated rings. The first-order chi connectivity index (χ1) is 19.5. The lowest BCUT2D eigenvalue weighted by Gasteiger charge is -2.41. The second-order valence-electron chi connectivity index (χ2n) is 10.7. The molecule has 0 atom stereocenters. The van der Waals surface area contributed by atoms with Crippen molar-refractivity contribution in [1.29, 1.82) is 0 Å². The summed E-state index contributed by atoms with van der Waals surface area (Å²) in [5, 5.41) is 0. The Balaban J connectivity index is 1.21. The number of methoxy groups -OCH3 is 1. The molecule has 0 unspecified atom stereocenters. The van der Waals surface area contributed by atoms with E-state index < -0.39 is 11.6 Å². The first kappa shape index (κ1) is 28.1. The molecule has 0 radical (unpaired) electrons. The maximum absolute atomic E-state index is 11.5. The molecule has 0 aliphatic carbocycles. The topological polar surface area (TPSA) is 72.5 Å². The Labute approximate surface area is 236 Å². The Morgan fingerprint density at radius 3 is 2.27 bits per heavy atom. The van der Waals surface area contributed by atoms with Crippen LogP contribution in [0.3, 0.4) is 0 Å². The Morgan fingerprint density at radius 2 is 1.62 bits per heavy atom. The van der Waals surface area contributed by atoms with Crippen molar-refractivity contribution >= 4 is 5.97 Å². The zero-order valence-electron chi connectivity index (χ0n) is 23.6. The zero-order chi connectivity index (χ0) is 28.0. The van der Waals surface area contributed by atoms with Gasteiger partial charge in [0.2, 0.25) is 0 Å². The van der Waals surface area contributed by atoms with Gasteiger partial charge >= 0.3 is 5.97 Å². The number of rotatable bonds is 11. The molecule has 40 heavy (non-hydrogen) atoms. The average molecular weight is 547 g/mol. The molecule has 0 spiro atoms. The summed E-state index contributed by atoms with van der Waals surface area (Å²) in [6, 6.07) is 20.5. The van der Waals surface area contributed by atoms with Crippen LogP contribution in [0.4, 0.5) is 0 Å². The third-order valence-corrected chi connectivity index (χ3v) is 7.70. The highest BCUT2D eigenvalue weighted by Crippen LogP contribution is 2.35. The summed E-state index contributed by atoms with van der Waals surface area (Å²) >= 11 is 0. The highest BCUT2D eigenvalue weighted by Gasteiger charge is 2.42. The number of ether oxygens (including phenoxy) is 6. The zero-order valence-corrected chi connectivity index (χ0v) is 23.6. The summed E-state index contributed by atoms with van der Waals surface area (Å²) in [4.78, 5) is 11.5. The molecule has 2 heterocycles. The van der Waals surface area contributed by atoms with Crippen LogP contribution in [-0.4, -0.2) is 52.7 Å². The predicted octanol–water partition coefficient (Wildman–Crippen LogP) is 5.77. The fraction of sp³-hybridized carbons (Fsp3) is 0.424. The van der Waals surface area contributed by atoms with Gasteiger partial charge in [-0.15, -0.1) is 0 Å². The Kier molecular flexibility index (Phi) is 9.04. The van der Waals surface area contributed by atoms with Crippen molar-refractivity contribution in [3.63, 3.8) is 0 Å². The molecular formula is C33H38O7. The van der Waals surface area contributed by atoms with E-state index in [2.05, 4.69) is 50.2 Å². The van der Waals surface area contributed by atoms with Crippen LogP contribution >= 0.6 is 0 Å². The summed E-state index contributed by atoms with van der Waals surface area (Å²) < 4.78 is 33.7. The SMILES string of the molecule is COC(=O)COC1(c2ccc(OCc3cccc(-c4c(C)cc(OCC5CCOCC5)cc4C)c3)cc2)COC1. The molecule has 3 aromatic carbocycles. The molecule has 7 heteroatoms. The summed E-state index contributed by atoms with van der Waals surface area (Å²) in [6.07, 6.45) is 2.13. The van der Waals surface area contributed by atoms with Gasteiger partial charge in [-0.25, -0.2) is 4.79 Å². The van der Waals surface area contributed by atoms with E-state index in [1.54, 1.807) is 0 Å². The fourth-order valence-corrected chi connectivity index (χ4v) is 5.30. The normalized spacial score (nSPS) is 16.7. The maximum Gasteiger partial charge on any atom is 0.331 e. The minimum atomic E-state index is -0.623. The van der Waals surface area contributed by atoms with Crippen molar-refractivity contribution in [3.05, 3.63) is 82.9 Å². The van der Waals surface area contributed by atoms with E-state index >= 15 is 0 Å². The Hall–Kier alpha value is -3.39. The number of aryl methyl sites for hydroxylation is 2. The first-order valence-corrected chi connectivity index (χ1v) is 13.9. The average Bonchev–Trinajstić information content (AvgIpc) is 2.95. The van der Waals surface area contributed by atoms with Crippen molar-refractivity contribution < 1.29 is 33.2 Å². The van der Waals surface area contributed by atoms with Gasteiger partial charge in [0.1, 0.15) is 30.3 Å². The van der Waals surface area contributed by atoms with E-state index in [0.717, 1.165) is 60.9 Å². The molecular weight excluding hydrogens is 508 g/mol. The van der Waals surface area contributed by atoms with Gasteiger partial charge in [-0.2, -0.15) is 0 Å². The molecule has 0 bridgehead atoms. The predicted molar refractivity (Wildman–Crippen MR) is 152 cm³/mol. The van der Waals surface area contributed by atoms with Gasteiger partial charge in [0.25, 0.3) is 0 Å². The summed E-state index contributed by atoms with van der Waals surface area (Å²) in [5.74, 6) is 1.85. The molecule has 0 aromatic heterocycles. The van der Waals surface area contributed by atoms with Crippen molar-refractivity contribution in [1.82, 2.24) is 0 Å². The molecule has 7 nitrogen and oxygen atoms in total. The molecule has 0 amide bonds.